The van der Waals surface area contributed by atoms with Crippen molar-refractivity contribution in [2.75, 3.05) is 11.5 Å². The quantitative estimate of drug-likeness (QED) is 0.504. The predicted molar refractivity (Wildman–Crippen MR) is 88.4 cm³/mol. The highest BCUT2D eigenvalue weighted by Crippen LogP contribution is 2.63. The van der Waals surface area contributed by atoms with E-state index in [1.165, 1.54) is 17.8 Å². The summed E-state index contributed by atoms with van der Waals surface area (Å²) in [5.41, 5.74) is 12.6. The number of hydrogen-bond acceptors (Lipinski definition) is 5. The van der Waals surface area contributed by atoms with E-state index in [-0.39, 0.29) is 11.2 Å². The Kier molecular flexibility index (Phi) is 3.90. The van der Waals surface area contributed by atoms with Crippen LogP contribution in [0.1, 0.15) is 17.2 Å². The molecule has 1 fully saturated rings. The van der Waals surface area contributed by atoms with Crippen molar-refractivity contribution in [3.8, 4) is 0 Å². The lowest BCUT2D eigenvalue weighted by Crippen LogP contribution is -2.05. The van der Waals surface area contributed by atoms with Gasteiger partial charge in [-0.1, -0.05) is 42.1 Å². The van der Waals surface area contributed by atoms with Crippen LogP contribution in [-0.4, -0.2) is 14.3 Å². The van der Waals surface area contributed by atoms with Gasteiger partial charge in [0.25, 0.3) is 0 Å². The van der Waals surface area contributed by atoms with Crippen LogP contribution in [-0.2, 0) is 0 Å². The molecular formula is C14H14Cl2N4S. The lowest BCUT2D eigenvalue weighted by molar-refractivity contribution is 0.790. The fraction of sp³-hybridized carbons (Fsp3) is 0.286. The van der Waals surface area contributed by atoms with Crippen LogP contribution in [0.15, 0.2) is 41.6 Å². The van der Waals surface area contributed by atoms with Crippen molar-refractivity contribution < 1.29 is 0 Å². The molecule has 0 spiro atoms. The van der Waals surface area contributed by atoms with Crippen LogP contribution >= 0.6 is 35.0 Å². The van der Waals surface area contributed by atoms with Gasteiger partial charge in [0.05, 0.1) is 0 Å². The molecule has 0 amide bonds. The maximum atomic E-state index is 6.24. The molecule has 1 aliphatic rings. The van der Waals surface area contributed by atoms with E-state index in [1.54, 1.807) is 0 Å². The Bertz CT molecular complexity index is 630. The first-order chi connectivity index (χ1) is 9.95. The summed E-state index contributed by atoms with van der Waals surface area (Å²) >= 11 is 14.0. The molecule has 0 saturated heterocycles. The molecular weight excluding hydrogens is 327 g/mol. The third-order valence-electron chi connectivity index (χ3n) is 3.35. The van der Waals surface area contributed by atoms with Crippen molar-refractivity contribution >= 4 is 46.6 Å². The van der Waals surface area contributed by atoms with Gasteiger partial charge in [-0.15, -0.1) is 23.2 Å². The zero-order chi connectivity index (χ0) is 15.0. The van der Waals surface area contributed by atoms with E-state index in [1.807, 2.05) is 18.2 Å². The van der Waals surface area contributed by atoms with Gasteiger partial charge in [-0.05, 0) is 12.0 Å². The highest BCUT2D eigenvalue weighted by molar-refractivity contribution is 7.99. The van der Waals surface area contributed by atoms with Crippen LogP contribution in [0.4, 0.5) is 11.6 Å². The maximum absolute atomic E-state index is 6.24. The van der Waals surface area contributed by atoms with Gasteiger partial charge in [0, 0.05) is 17.2 Å². The average Bonchev–Trinajstić information content (AvgIpc) is 3.04. The van der Waals surface area contributed by atoms with Crippen molar-refractivity contribution in [3.05, 3.63) is 42.0 Å². The molecule has 3 rings (SSSR count). The molecule has 7 heteroatoms. The van der Waals surface area contributed by atoms with E-state index < -0.39 is 4.33 Å². The molecule has 110 valence electrons. The number of halogens is 2. The van der Waals surface area contributed by atoms with E-state index in [9.17, 15) is 0 Å². The minimum absolute atomic E-state index is 0.0717. The van der Waals surface area contributed by atoms with Crippen molar-refractivity contribution in [2.24, 2.45) is 5.92 Å². The summed E-state index contributed by atoms with van der Waals surface area (Å²) in [4.78, 5) is 8.44. The minimum atomic E-state index is -0.681. The molecule has 1 aliphatic carbocycles. The number of alkyl halides is 2. The molecule has 0 radical (unpaired) electrons. The van der Waals surface area contributed by atoms with Gasteiger partial charge in [0.2, 0.25) is 0 Å². The van der Waals surface area contributed by atoms with Crippen molar-refractivity contribution in [3.63, 3.8) is 0 Å². The van der Waals surface area contributed by atoms with E-state index in [2.05, 4.69) is 22.1 Å². The van der Waals surface area contributed by atoms with Crippen molar-refractivity contribution in [1.29, 1.82) is 0 Å². The minimum Gasteiger partial charge on any atom is -0.383 e. The maximum Gasteiger partial charge on any atom is 0.192 e. The van der Waals surface area contributed by atoms with Gasteiger partial charge in [0.15, 0.2) is 5.16 Å². The van der Waals surface area contributed by atoms with Crippen molar-refractivity contribution in [2.45, 2.75) is 21.2 Å². The summed E-state index contributed by atoms with van der Waals surface area (Å²) in [7, 11) is 0. The van der Waals surface area contributed by atoms with Crippen LogP contribution in [0.5, 0.6) is 0 Å². The Morgan fingerprint density at radius 1 is 1.14 bits per heavy atom. The molecule has 0 bridgehead atoms. The second-order valence-electron chi connectivity index (χ2n) is 5.02. The first-order valence-electron chi connectivity index (χ1n) is 6.45. The van der Waals surface area contributed by atoms with Gasteiger partial charge in [0.1, 0.15) is 16.0 Å². The van der Waals surface area contributed by atoms with E-state index in [4.69, 9.17) is 34.7 Å². The average molecular weight is 341 g/mol. The molecule has 2 aromatic rings. The first-order valence-corrected chi connectivity index (χ1v) is 8.09. The molecule has 4 nitrogen and oxygen atoms in total. The molecule has 1 aromatic heterocycles. The van der Waals surface area contributed by atoms with Crippen LogP contribution in [0.2, 0.25) is 0 Å². The number of thioether (sulfide) groups is 1. The lowest BCUT2D eigenvalue weighted by Gasteiger charge is -2.17. The third-order valence-corrected chi connectivity index (χ3v) is 5.46. The fourth-order valence-corrected chi connectivity index (χ4v) is 4.28. The molecule has 1 saturated carbocycles. The summed E-state index contributed by atoms with van der Waals surface area (Å²) < 4.78 is -0.681. The van der Waals surface area contributed by atoms with Crippen LogP contribution < -0.4 is 11.5 Å². The number of nitrogens with two attached hydrogens (primary N) is 2. The van der Waals surface area contributed by atoms with E-state index >= 15 is 0 Å². The largest absolute Gasteiger partial charge is 0.383 e. The highest BCUT2D eigenvalue weighted by Gasteiger charge is 2.56. The summed E-state index contributed by atoms with van der Waals surface area (Å²) in [5, 5.41) is 0.611. The van der Waals surface area contributed by atoms with E-state index in [0.29, 0.717) is 16.8 Å². The Morgan fingerprint density at radius 2 is 1.71 bits per heavy atom. The third kappa shape index (κ3) is 3.36. The topological polar surface area (TPSA) is 77.8 Å². The first kappa shape index (κ1) is 14.8. The summed E-state index contributed by atoms with van der Waals surface area (Å²) in [5.74, 6) is 0.866. The lowest BCUT2D eigenvalue weighted by atomic mass is 10.1. The van der Waals surface area contributed by atoms with Crippen LogP contribution in [0.25, 0.3) is 0 Å². The molecule has 2 atom stereocenters. The van der Waals surface area contributed by atoms with Gasteiger partial charge >= 0.3 is 0 Å². The van der Waals surface area contributed by atoms with E-state index in [0.717, 1.165) is 12.0 Å². The second kappa shape index (κ2) is 5.55. The molecule has 2 unspecified atom stereocenters. The molecule has 0 aliphatic heterocycles. The van der Waals surface area contributed by atoms with Crippen LogP contribution in [0.3, 0.4) is 0 Å². The zero-order valence-corrected chi connectivity index (χ0v) is 13.4. The summed E-state index contributed by atoms with van der Waals surface area (Å²) in [6.45, 7) is 0. The molecule has 21 heavy (non-hydrogen) atoms. The standard InChI is InChI=1S/C14H14Cl2N4S/c15-14(16)7-9(14)12(8-4-2-1-3-5-8)21-13-19-10(17)6-11(18)20-13/h1-6,9,12H,7H2,(H4,17,18,19,20). The summed E-state index contributed by atoms with van der Waals surface area (Å²) in [6, 6.07) is 11.6. The zero-order valence-electron chi connectivity index (χ0n) is 11.0. The van der Waals surface area contributed by atoms with Gasteiger partial charge in [-0.3, -0.25) is 0 Å². The second-order valence-corrected chi connectivity index (χ2v) is 7.67. The Balaban J connectivity index is 1.90. The molecule has 4 N–H and O–H groups in total. The number of anilines is 2. The number of nitrogens with zero attached hydrogens (tertiary/aromatic N) is 2. The van der Waals surface area contributed by atoms with Crippen molar-refractivity contribution in [1.82, 2.24) is 9.97 Å². The Morgan fingerprint density at radius 3 is 2.24 bits per heavy atom. The normalized spacial score (nSPS) is 21.0. The van der Waals surface area contributed by atoms with Gasteiger partial charge in [-0.2, -0.15) is 0 Å². The van der Waals surface area contributed by atoms with Crippen LogP contribution in [0, 0.1) is 5.92 Å². The number of benzene rings is 1. The fourth-order valence-electron chi connectivity index (χ4n) is 2.22. The monoisotopic (exact) mass is 340 g/mol. The SMILES string of the molecule is Nc1cc(N)nc(SC(c2ccccc2)C2CC2(Cl)Cl)n1. The molecule has 1 aromatic carbocycles. The Labute approximate surface area is 137 Å². The number of hydrogen-bond donors (Lipinski definition) is 2. The number of aromatic nitrogens is 2. The highest BCUT2D eigenvalue weighted by atomic mass is 35.5. The summed E-state index contributed by atoms with van der Waals surface area (Å²) in [6.07, 6.45) is 0.750. The molecule has 1 heterocycles. The smallest absolute Gasteiger partial charge is 0.192 e. The number of nitrogen functional groups attached to an aromatic ring is 2. The van der Waals surface area contributed by atoms with Gasteiger partial charge in [-0.25, -0.2) is 9.97 Å². The Hall–Kier alpha value is -1.17. The predicted octanol–water partition coefficient (Wildman–Crippen LogP) is 3.67. The van der Waals surface area contributed by atoms with Gasteiger partial charge < -0.3 is 11.5 Å². The number of rotatable bonds is 4.